The van der Waals surface area contributed by atoms with Gasteiger partial charge in [0.15, 0.2) is 5.65 Å². The van der Waals surface area contributed by atoms with Crippen LogP contribution in [0.3, 0.4) is 0 Å². The first-order valence-corrected chi connectivity index (χ1v) is 8.27. The largest absolute Gasteiger partial charge is 0.318 e. The predicted octanol–water partition coefficient (Wildman–Crippen LogP) is 3.13. The molecule has 1 aromatic carbocycles. The van der Waals surface area contributed by atoms with Gasteiger partial charge in [0.1, 0.15) is 11.6 Å². The molecule has 0 unspecified atom stereocenters. The number of rotatable bonds is 3. The van der Waals surface area contributed by atoms with Gasteiger partial charge in [-0.15, -0.1) is 10.2 Å². The average molecular weight is 348 g/mol. The number of halogens is 1. The van der Waals surface area contributed by atoms with Crippen molar-refractivity contribution >= 4 is 5.65 Å². The normalized spacial score (nSPS) is 11.2. The molecule has 6 heteroatoms. The zero-order valence-corrected chi connectivity index (χ0v) is 14.5. The van der Waals surface area contributed by atoms with Crippen LogP contribution in [0.4, 0.5) is 4.39 Å². The lowest BCUT2D eigenvalue weighted by Gasteiger charge is -2.08. The average Bonchev–Trinajstić information content (AvgIpc) is 3.03. The Bertz CT molecular complexity index is 1130. The van der Waals surface area contributed by atoms with Gasteiger partial charge in [-0.2, -0.15) is 0 Å². The van der Waals surface area contributed by atoms with Gasteiger partial charge in [0.25, 0.3) is 5.56 Å². The molecule has 26 heavy (non-hydrogen) atoms. The van der Waals surface area contributed by atoms with E-state index in [1.807, 2.05) is 41.9 Å². The summed E-state index contributed by atoms with van der Waals surface area (Å²) in [6.07, 6.45) is 4.34. The molecule has 0 radical (unpaired) electrons. The Kier molecular flexibility index (Phi) is 3.88. The summed E-state index contributed by atoms with van der Waals surface area (Å²) in [6.45, 7) is 1.81. The second-order valence-electron chi connectivity index (χ2n) is 6.39. The standard InChI is InChI=1S/C20H17FN4O/c1-13-9-16(11-24(2)20(13)26)15-5-8-18-22-23-19(25(18)12-15)10-14-3-6-17(21)7-4-14/h3-9,11-12H,10H2,1-2H3. The van der Waals surface area contributed by atoms with Crippen LogP contribution in [-0.4, -0.2) is 19.2 Å². The van der Waals surface area contributed by atoms with Crippen molar-refractivity contribution in [1.82, 2.24) is 19.2 Å². The molecule has 0 spiro atoms. The van der Waals surface area contributed by atoms with Crippen LogP contribution >= 0.6 is 0 Å². The number of nitrogens with zero attached hydrogens (tertiary/aromatic N) is 4. The lowest BCUT2D eigenvalue weighted by molar-refractivity contribution is 0.627. The topological polar surface area (TPSA) is 52.2 Å². The van der Waals surface area contributed by atoms with E-state index < -0.39 is 0 Å². The van der Waals surface area contributed by atoms with Gasteiger partial charge < -0.3 is 4.57 Å². The van der Waals surface area contributed by atoms with E-state index in [9.17, 15) is 9.18 Å². The lowest BCUT2D eigenvalue weighted by Crippen LogP contribution is -2.18. The first-order valence-electron chi connectivity index (χ1n) is 8.27. The number of fused-ring (bicyclic) bond motifs is 1. The van der Waals surface area contributed by atoms with Crippen LogP contribution in [0.5, 0.6) is 0 Å². The lowest BCUT2D eigenvalue weighted by atomic mass is 10.1. The van der Waals surface area contributed by atoms with Crippen LogP contribution in [-0.2, 0) is 13.5 Å². The summed E-state index contributed by atoms with van der Waals surface area (Å²) in [5.41, 5.74) is 4.32. The maximum absolute atomic E-state index is 13.1. The molecule has 4 aromatic rings. The molecule has 0 amide bonds. The molecule has 0 atom stereocenters. The molecule has 0 N–H and O–H groups in total. The highest BCUT2D eigenvalue weighted by molar-refractivity contribution is 5.64. The fraction of sp³-hybridized carbons (Fsp3) is 0.150. The van der Waals surface area contributed by atoms with Crippen LogP contribution in [0, 0.1) is 12.7 Å². The second kappa shape index (κ2) is 6.22. The van der Waals surface area contributed by atoms with Crippen molar-refractivity contribution in [3.8, 4) is 11.1 Å². The highest BCUT2D eigenvalue weighted by Crippen LogP contribution is 2.21. The molecular weight excluding hydrogens is 331 g/mol. The monoisotopic (exact) mass is 348 g/mol. The van der Waals surface area contributed by atoms with E-state index in [0.29, 0.717) is 12.0 Å². The first kappa shape index (κ1) is 16.2. The number of aryl methyl sites for hydroxylation is 2. The van der Waals surface area contributed by atoms with E-state index in [1.54, 1.807) is 23.7 Å². The van der Waals surface area contributed by atoms with Crippen molar-refractivity contribution in [2.45, 2.75) is 13.3 Å². The van der Waals surface area contributed by atoms with Crippen LogP contribution < -0.4 is 5.56 Å². The highest BCUT2D eigenvalue weighted by atomic mass is 19.1. The molecule has 0 aliphatic carbocycles. The summed E-state index contributed by atoms with van der Waals surface area (Å²) < 4.78 is 16.6. The second-order valence-corrected chi connectivity index (χ2v) is 6.39. The minimum atomic E-state index is -0.257. The Morgan fingerprint density at radius 1 is 1.00 bits per heavy atom. The van der Waals surface area contributed by atoms with Gasteiger partial charge in [-0.05, 0) is 53.9 Å². The van der Waals surface area contributed by atoms with E-state index in [1.165, 1.54) is 12.1 Å². The molecule has 3 heterocycles. The Hall–Kier alpha value is -3.28. The van der Waals surface area contributed by atoms with E-state index in [4.69, 9.17) is 0 Å². The van der Waals surface area contributed by atoms with Gasteiger partial charge in [-0.25, -0.2) is 4.39 Å². The smallest absolute Gasteiger partial charge is 0.253 e. The summed E-state index contributed by atoms with van der Waals surface area (Å²) in [5.74, 6) is 0.516. The zero-order chi connectivity index (χ0) is 18.3. The third-order valence-corrected chi connectivity index (χ3v) is 4.44. The third-order valence-electron chi connectivity index (χ3n) is 4.44. The van der Waals surface area contributed by atoms with Crippen molar-refractivity contribution < 1.29 is 4.39 Å². The summed E-state index contributed by atoms with van der Waals surface area (Å²) >= 11 is 0. The molecule has 0 saturated carbocycles. The molecule has 0 aliphatic heterocycles. The molecular formula is C20H17FN4O. The van der Waals surface area contributed by atoms with Gasteiger partial charge >= 0.3 is 0 Å². The van der Waals surface area contributed by atoms with Gasteiger partial charge in [-0.1, -0.05) is 12.1 Å². The van der Waals surface area contributed by atoms with E-state index >= 15 is 0 Å². The molecule has 130 valence electrons. The van der Waals surface area contributed by atoms with E-state index in [0.717, 1.165) is 28.2 Å². The molecule has 3 aromatic heterocycles. The quantitative estimate of drug-likeness (QED) is 0.572. The molecule has 0 saturated heterocycles. The van der Waals surface area contributed by atoms with E-state index in [2.05, 4.69) is 10.2 Å². The van der Waals surface area contributed by atoms with Crippen molar-refractivity contribution in [3.63, 3.8) is 0 Å². The molecule has 5 nitrogen and oxygen atoms in total. The predicted molar refractivity (Wildman–Crippen MR) is 97.6 cm³/mol. The molecule has 4 rings (SSSR count). The highest BCUT2D eigenvalue weighted by Gasteiger charge is 2.09. The van der Waals surface area contributed by atoms with Gasteiger partial charge in [-0.3, -0.25) is 9.20 Å². The SMILES string of the molecule is Cc1cc(-c2ccc3nnc(Cc4ccc(F)cc4)n3c2)cn(C)c1=O. The van der Waals surface area contributed by atoms with Crippen molar-refractivity contribution in [2.24, 2.45) is 7.05 Å². The fourth-order valence-electron chi connectivity index (χ4n) is 3.05. The Labute approximate surface area is 149 Å². The van der Waals surface area contributed by atoms with Crippen LogP contribution in [0.1, 0.15) is 17.0 Å². The summed E-state index contributed by atoms with van der Waals surface area (Å²) in [6, 6.07) is 12.1. The van der Waals surface area contributed by atoms with Crippen LogP contribution in [0.15, 0.2) is 59.7 Å². The third kappa shape index (κ3) is 2.90. The van der Waals surface area contributed by atoms with Crippen LogP contribution in [0.2, 0.25) is 0 Å². The van der Waals surface area contributed by atoms with Gasteiger partial charge in [0.2, 0.25) is 0 Å². The maximum Gasteiger partial charge on any atom is 0.253 e. The minimum Gasteiger partial charge on any atom is -0.318 e. The number of aromatic nitrogens is 4. The number of hydrogen-bond donors (Lipinski definition) is 0. The number of benzene rings is 1. The van der Waals surface area contributed by atoms with Gasteiger partial charge in [0, 0.05) is 31.4 Å². The maximum atomic E-state index is 13.1. The van der Waals surface area contributed by atoms with Crippen LogP contribution in [0.25, 0.3) is 16.8 Å². The summed E-state index contributed by atoms with van der Waals surface area (Å²) in [4.78, 5) is 11.9. The number of hydrogen-bond acceptors (Lipinski definition) is 3. The molecule has 0 aliphatic rings. The Morgan fingerprint density at radius 2 is 1.77 bits per heavy atom. The Balaban J connectivity index is 1.77. The van der Waals surface area contributed by atoms with Crippen molar-refractivity contribution in [1.29, 1.82) is 0 Å². The number of pyridine rings is 2. The zero-order valence-electron chi connectivity index (χ0n) is 14.5. The van der Waals surface area contributed by atoms with E-state index in [-0.39, 0.29) is 11.4 Å². The van der Waals surface area contributed by atoms with Crippen molar-refractivity contribution in [3.05, 3.63) is 88.0 Å². The first-order chi connectivity index (χ1) is 12.5. The summed E-state index contributed by atoms with van der Waals surface area (Å²) in [7, 11) is 1.75. The van der Waals surface area contributed by atoms with Crippen molar-refractivity contribution in [2.75, 3.05) is 0 Å². The molecule has 0 bridgehead atoms. The summed E-state index contributed by atoms with van der Waals surface area (Å²) in [5, 5.41) is 8.46. The Morgan fingerprint density at radius 3 is 2.50 bits per heavy atom. The van der Waals surface area contributed by atoms with Gasteiger partial charge in [0.05, 0.1) is 0 Å². The molecule has 0 fully saturated rings. The fourth-order valence-corrected chi connectivity index (χ4v) is 3.05. The minimum absolute atomic E-state index is 0.00359.